The molecule has 7 nitrogen and oxygen atoms in total. The average molecular weight is 424 g/mol. The molecule has 4 N–H and O–H groups in total. The highest BCUT2D eigenvalue weighted by Crippen LogP contribution is 2.24. The van der Waals surface area contributed by atoms with Crippen LogP contribution in [0, 0.1) is 0 Å². The van der Waals surface area contributed by atoms with Crippen LogP contribution in [-0.4, -0.2) is 42.1 Å². The van der Waals surface area contributed by atoms with Gasteiger partial charge in [0, 0.05) is 6.54 Å². The zero-order chi connectivity index (χ0) is 20.5. The third kappa shape index (κ3) is 6.44. The van der Waals surface area contributed by atoms with E-state index in [0.29, 0.717) is 13.0 Å². The number of halogens is 2. The van der Waals surface area contributed by atoms with Gasteiger partial charge in [-0.05, 0) is 24.1 Å². The maximum absolute atomic E-state index is 12.3. The van der Waals surface area contributed by atoms with Crippen molar-refractivity contribution in [1.82, 2.24) is 16.0 Å². The Balaban J connectivity index is 1.84. The number of urea groups is 1. The zero-order valence-electron chi connectivity index (χ0n) is 14.7. The SMILES string of the molecule is O=C(NCCc1ccccc1)NC[C@H](NC(=O)c1c(Cl)cccc1Cl)C(=O)O. The summed E-state index contributed by atoms with van der Waals surface area (Å²) in [6, 6.07) is 12.2. The van der Waals surface area contributed by atoms with Crippen LogP contribution in [0.1, 0.15) is 15.9 Å². The molecule has 2 rings (SSSR count). The van der Waals surface area contributed by atoms with Gasteiger partial charge in [0.05, 0.1) is 22.2 Å². The molecule has 0 aromatic heterocycles. The molecular weight excluding hydrogens is 405 g/mol. The molecule has 28 heavy (non-hydrogen) atoms. The molecule has 0 spiro atoms. The Morgan fingerprint density at radius 1 is 0.929 bits per heavy atom. The number of hydrogen-bond donors (Lipinski definition) is 4. The first-order valence-corrected chi connectivity index (χ1v) is 9.17. The monoisotopic (exact) mass is 423 g/mol. The van der Waals surface area contributed by atoms with Gasteiger partial charge in [-0.3, -0.25) is 4.79 Å². The van der Waals surface area contributed by atoms with Gasteiger partial charge in [-0.1, -0.05) is 59.6 Å². The van der Waals surface area contributed by atoms with E-state index in [-0.39, 0.29) is 22.2 Å². The highest BCUT2D eigenvalue weighted by Gasteiger charge is 2.23. The first-order chi connectivity index (χ1) is 13.4. The van der Waals surface area contributed by atoms with Crippen LogP contribution >= 0.6 is 23.2 Å². The summed E-state index contributed by atoms with van der Waals surface area (Å²) in [5.74, 6) is -2.05. The topological polar surface area (TPSA) is 108 Å². The second-order valence-electron chi connectivity index (χ2n) is 5.83. The van der Waals surface area contributed by atoms with Crippen molar-refractivity contribution in [2.75, 3.05) is 13.1 Å². The summed E-state index contributed by atoms with van der Waals surface area (Å²) in [7, 11) is 0. The molecule has 0 fully saturated rings. The second kappa shape index (κ2) is 10.5. The molecule has 2 aromatic rings. The maximum atomic E-state index is 12.3. The number of nitrogens with one attached hydrogen (secondary N) is 3. The van der Waals surface area contributed by atoms with Crippen molar-refractivity contribution in [3.05, 3.63) is 69.7 Å². The minimum Gasteiger partial charge on any atom is -0.480 e. The second-order valence-corrected chi connectivity index (χ2v) is 6.65. The third-order valence-electron chi connectivity index (χ3n) is 3.80. The van der Waals surface area contributed by atoms with Crippen LogP contribution in [-0.2, 0) is 11.2 Å². The maximum Gasteiger partial charge on any atom is 0.328 e. The van der Waals surface area contributed by atoms with E-state index >= 15 is 0 Å². The van der Waals surface area contributed by atoms with Crippen molar-refractivity contribution in [2.45, 2.75) is 12.5 Å². The fourth-order valence-electron chi connectivity index (χ4n) is 2.37. The standard InChI is InChI=1S/C19H19Cl2N3O4/c20-13-7-4-8-14(21)16(13)17(25)24-15(18(26)27)11-23-19(28)22-10-9-12-5-2-1-3-6-12/h1-8,15H,9-11H2,(H,24,25)(H,26,27)(H2,22,23,28)/t15-/m0/s1. The molecule has 3 amide bonds. The number of carbonyl (C=O) groups excluding carboxylic acids is 2. The average Bonchev–Trinajstić information content (AvgIpc) is 2.65. The van der Waals surface area contributed by atoms with Gasteiger partial charge in [-0.15, -0.1) is 0 Å². The predicted octanol–water partition coefficient (Wildman–Crippen LogP) is 2.72. The minimum absolute atomic E-state index is 0.0237. The molecule has 0 heterocycles. The lowest BCUT2D eigenvalue weighted by Gasteiger charge is -2.16. The summed E-state index contributed by atoms with van der Waals surface area (Å²) < 4.78 is 0. The van der Waals surface area contributed by atoms with E-state index in [9.17, 15) is 19.5 Å². The molecule has 2 aromatic carbocycles. The van der Waals surface area contributed by atoms with E-state index in [0.717, 1.165) is 5.56 Å². The van der Waals surface area contributed by atoms with Gasteiger partial charge in [0.15, 0.2) is 0 Å². The third-order valence-corrected chi connectivity index (χ3v) is 4.43. The number of rotatable bonds is 8. The van der Waals surface area contributed by atoms with E-state index in [2.05, 4.69) is 16.0 Å². The van der Waals surface area contributed by atoms with Crippen LogP contribution < -0.4 is 16.0 Å². The first-order valence-electron chi connectivity index (χ1n) is 8.41. The predicted molar refractivity (Wildman–Crippen MR) is 107 cm³/mol. The van der Waals surface area contributed by atoms with Crippen molar-refractivity contribution >= 4 is 41.1 Å². The molecule has 148 valence electrons. The summed E-state index contributed by atoms with van der Waals surface area (Å²) in [4.78, 5) is 35.6. The molecule has 0 bridgehead atoms. The Labute approximate surface area is 172 Å². The zero-order valence-corrected chi connectivity index (χ0v) is 16.3. The summed E-state index contributed by atoms with van der Waals surface area (Å²) in [6.07, 6.45) is 0.637. The van der Waals surface area contributed by atoms with Gasteiger partial charge in [-0.2, -0.15) is 0 Å². The number of carboxylic acid groups (broad SMARTS) is 1. The molecule has 0 aliphatic rings. The lowest BCUT2D eigenvalue weighted by atomic mass is 10.1. The molecule has 1 atom stereocenters. The Morgan fingerprint density at radius 3 is 2.18 bits per heavy atom. The van der Waals surface area contributed by atoms with Crippen molar-refractivity contribution < 1.29 is 19.5 Å². The molecule has 0 aliphatic carbocycles. The molecule has 9 heteroatoms. The summed E-state index contributed by atoms with van der Waals surface area (Å²) in [5, 5.41) is 16.8. The number of aliphatic carboxylic acids is 1. The Bertz CT molecular complexity index is 826. The largest absolute Gasteiger partial charge is 0.480 e. The fourth-order valence-corrected chi connectivity index (χ4v) is 2.94. The van der Waals surface area contributed by atoms with Gasteiger partial charge >= 0.3 is 12.0 Å². The molecule has 0 aliphatic heterocycles. The molecule has 0 radical (unpaired) electrons. The highest BCUT2D eigenvalue weighted by molar-refractivity contribution is 6.39. The fraction of sp³-hybridized carbons (Fsp3) is 0.211. The molecule has 0 unspecified atom stereocenters. The Kier molecular flexibility index (Phi) is 8.10. The number of carboxylic acids is 1. The molecule has 0 saturated carbocycles. The van der Waals surface area contributed by atoms with Gasteiger partial charge in [-0.25, -0.2) is 9.59 Å². The van der Waals surface area contributed by atoms with Crippen molar-refractivity contribution in [1.29, 1.82) is 0 Å². The van der Waals surface area contributed by atoms with Gasteiger partial charge in [0.1, 0.15) is 6.04 Å². The number of hydrogen-bond acceptors (Lipinski definition) is 3. The number of benzene rings is 2. The van der Waals surface area contributed by atoms with E-state index in [1.807, 2.05) is 30.3 Å². The quantitative estimate of drug-likeness (QED) is 0.523. The number of amides is 3. The Hall–Kier alpha value is -2.77. The van der Waals surface area contributed by atoms with Crippen LogP contribution in [0.2, 0.25) is 10.0 Å². The van der Waals surface area contributed by atoms with Crippen LogP contribution in [0.25, 0.3) is 0 Å². The van der Waals surface area contributed by atoms with E-state index < -0.39 is 23.9 Å². The number of carbonyl (C=O) groups is 3. The lowest BCUT2D eigenvalue weighted by molar-refractivity contribution is -0.139. The minimum atomic E-state index is -1.35. The van der Waals surface area contributed by atoms with Crippen LogP contribution in [0.4, 0.5) is 4.79 Å². The smallest absolute Gasteiger partial charge is 0.328 e. The van der Waals surface area contributed by atoms with Crippen LogP contribution in [0.15, 0.2) is 48.5 Å². The summed E-state index contributed by atoms with van der Waals surface area (Å²) >= 11 is 11.9. The molecule has 0 saturated heterocycles. The van der Waals surface area contributed by atoms with Crippen LogP contribution in [0.5, 0.6) is 0 Å². The van der Waals surface area contributed by atoms with Gasteiger partial charge in [0.2, 0.25) is 0 Å². The van der Waals surface area contributed by atoms with E-state index in [1.54, 1.807) is 6.07 Å². The van der Waals surface area contributed by atoms with Crippen molar-refractivity contribution in [3.63, 3.8) is 0 Å². The lowest BCUT2D eigenvalue weighted by Crippen LogP contribution is -2.50. The van der Waals surface area contributed by atoms with Crippen molar-refractivity contribution in [2.24, 2.45) is 0 Å². The summed E-state index contributed by atoms with van der Waals surface area (Å²) in [6.45, 7) is 0.0789. The van der Waals surface area contributed by atoms with Gasteiger partial charge in [0.25, 0.3) is 5.91 Å². The summed E-state index contributed by atoms with van der Waals surface area (Å²) in [5.41, 5.74) is 1.04. The molecular formula is C19H19Cl2N3O4. The van der Waals surface area contributed by atoms with Crippen LogP contribution in [0.3, 0.4) is 0 Å². The normalized spacial score (nSPS) is 11.4. The van der Waals surface area contributed by atoms with E-state index in [1.165, 1.54) is 12.1 Å². The Morgan fingerprint density at radius 2 is 1.57 bits per heavy atom. The highest BCUT2D eigenvalue weighted by atomic mass is 35.5. The first kappa shape index (κ1) is 21.5. The van der Waals surface area contributed by atoms with Gasteiger partial charge < -0.3 is 21.1 Å². The van der Waals surface area contributed by atoms with Crippen molar-refractivity contribution in [3.8, 4) is 0 Å². The van der Waals surface area contributed by atoms with E-state index in [4.69, 9.17) is 23.2 Å².